The van der Waals surface area contributed by atoms with Gasteiger partial charge in [0.15, 0.2) is 0 Å². The van der Waals surface area contributed by atoms with Crippen LogP contribution >= 0.6 is 34.5 Å². The lowest BCUT2D eigenvalue weighted by Crippen LogP contribution is -2.36. The molecular weight excluding hydrogens is 387 g/mol. The standard InChI is InChI=1S/C20H20Cl2N2OS/c1-20(2,13-8-9-16(21)17(22)10-13)23-11-14-12-26-19(24-14)15-6-4-5-7-18(15)25-3/h4-10,12,23H,11H2,1-3H3. The number of ether oxygens (including phenoxy) is 1. The van der Waals surface area contributed by atoms with Crippen LogP contribution < -0.4 is 10.1 Å². The van der Waals surface area contributed by atoms with Crippen LogP contribution in [-0.2, 0) is 12.1 Å². The third-order valence-corrected chi connectivity index (χ3v) is 5.91. The number of nitrogens with zero attached hydrogens (tertiary/aromatic N) is 1. The van der Waals surface area contributed by atoms with Gasteiger partial charge in [-0.3, -0.25) is 0 Å². The molecule has 0 bridgehead atoms. The van der Waals surface area contributed by atoms with Gasteiger partial charge in [-0.1, -0.05) is 41.4 Å². The van der Waals surface area contributed by atoms with Gasteiger partial charge in [-0.05, 0) is 43.7 Å². The van der Waals surface area contributed by atoms with E-state index in [1.165, 1.54) is 0 Å². The average molecular weight is 407 g/mol. The second kappa shape index (κ2) is 7.97. The molecule has 1 heterocycles. The fraction of sp³-hybridized carbons (Fsp3) is 0.250. The number of methoxy groups -OCH3 is 1. The van der Waals surface area contributed by atoms with Crippen molar-refractivity contribution in [3.63, 3.8) is 0 Å². The van der Waals surface area contributed by atoms with Crippen molar-refractivity contribution in [2.45, 2.75) is 25.9 Å². The Morgan fingerprint density at radius 1 is 1.12 bits per heavy atom. The van der Waals surface area contributed by atoms with E-state index < -0.39 is 0 Å². The third kappa shape index (κ3) is 4.21. The van der Waals surface area contributed by atoms with Gasteiger partial charge in [0, 0.05) is 17.5 Å². The quantitative estimate of drug-likeness (QED) is 0.532. The Kier molecular flexibility index (Phi) is 5.88. The number of benzene rings is 2. The first-order valence-corrected chi connectivity index (χ1v) is 9.82. The third-order valence-electron chi connectivity index (χ3n) is 4.24. The van der Waals surface area contributed by atoms with Crippen LogP contribution in [0.1, 0.15) is 25.1 Å². The molecule has 0 atom stereocenters. The van der Waals surface area contributed by atoms with E-state index in [-0.39, 0.29) is 5.54 Å². The summed E-state index contributed by atoms with van der Waals surface area (Å²) < 4.78 is 5.43. The molecule has 3 rings (SSSR count). The van der Waals surface area contributed by atoms with Crippen molar-refractivity contribution in [3.8, 4) is 16.3 Å². The maximum absolute atomic E-state index is 6.15. The first-order valence-electron chi connectivity index (χ1n) is 8.19. The molecule has 136 valence electrons. The molecule has 1 N–H and O–H groups in total. The van der Waals surface area contributed by atoms with E-state index in [0.717, 1.165) is 27.6 Å². The molecule has 0 saturated heterocycles. The van der Waals surface area contributed by atoms with Crippen molar-refractivity contribution >= 4 is 34.5 Å². The van der Waals surface area contributed by atoms with Gasteiger partial charge in [-0.2, -0.15) is 0 Å². The molecule has 0 aliphatic heterocycles. The fourth-order valence-corrected chi connectivity index (χ4v) is 3.78. The van der Waals surface area contributed by atoms with E-state index in [4.69, 9.17) is 32.9 Å². The average Bonchev–Trinajstić information content (AvgIpc) is 3.11. The van der Waals surface area contributed by atoms with Crippen LogP contribution in [-0.4, -0.2) is 12.1 Å². The molecule has 2 aromatic carbocycles. The van der Waals surface area contributed by atoms with E-state index in [9.17, 15) is 0 Å². The minimum atomic E-state index is -0.261. The van der Waals surface area contributed by atoms with Crippen LogP contribution in [0.3, 0.4) is 0 Å². The van der Waals surface area contributed by atoms with Crippen LogP contribution in [0.25, 0.3) is 10.6 Å². The Morgan fingerprint density at radius 2 is 1.88 bits per heavy atom. The number of hydrogen-bond acceptors (Lipinski definition) is 4. The summed E-state index contributed by atoms with van der Waals surface area (Å²) in [6.07, 6.45) is 0. The molecule has 0 fully saturated rings. The zero-order chi connectivity index (χ0) is 18.7. The van der Waals surface area contributed by atoms with E-state index in [2.05, 4.69) is 24.5 Å². The van der Waals surface area contributed by atoms with E-state index in [1.807, 2.05) is 42.5 Å². The lowest BCUT2D eigenvalue weighted by molar-refractivity contribution is 0.399. The topological polar surface area (TPSA) is 34.1 Å². The summed E-state index contributed by atoms with van der Waals surface area (Å²) in [5, 5.41) is 7.69. The fourth-order valence-electron chi connectivity index (χ4n) is 2.63. The highest BCUT2D eigenvalue weighted by molar-refractivity contribution is 7.13. The minimum absolute atomic E-state index is 0.261. The summed E-state index contributed by atoms with van der Waals surface area (Å²) in [7, 11) is 1.68. The summed E-state index contributed by atoms with van der Waals surface area (Å²) in [5.74, 6) is 0.831. The lowest BCUT2D eigenvalue weighted by atomic mass is 9.94. The molecule has 0 aliphatic carbocycles. The van der Waals surface area contributed by atoms with Crippen LogP contribution in [0.2, 0.25) is 10.0 Å². The number of nitrogens with one attached hydrogen (secondary N) is 1. The smallest absolute Gasteiger partial charge is 0.129 e. The van der Waals surface area contributed by atoms with Crippen LogP contribution in [0, 0.1) is 0 Å². The van der Waals surface area contributed by atoms with Crippen LogP contribution in [0.15, 0.2) is 47.8 Å². The van der Waals surface area contributed by atoms with E-state index in [0.29, 0.717) is 16.6 Å². The minimum Gasteiger partial charge on any atom is -0.496 e. The molecule has 0 spiro atoms. The normalized spacial score (nSPS) is 11.6. The Morgan fingerprint density at radius 3 is 2.62 bits per heavy atom. The Balaban J connectivity index is 1.74. The van der Waals surface area contributed by atoms with Gasteiger partial charge in [0.25, 0.3) is 0 Å². The first kappa shape index (κ1) is 19.2. The molecular formula is C20H20Cl2N2OS. The highest BCUT2D eigenvalue weighted by atomic mass is 35.5. The number of aromatic nitrogens is 1. The molecule has 0 unspecified atom stereocenters. The van der Waals surface area contributed by atoms with Crippen LogP contribution in [0.4, 0.5) is 0 Å². The SMILES string of the molecule is COc1ccccc1-c1nc(CNC(C)(C)c2ccc(Cl)c(Cl)c2)cs1. The lowest BCUT2D eigenvalue weighted by Gasteiger charge is -2.27. The van der Waals surface area contributed by atoms with Gasteiger partial charge in [-0.15, -0.1) is 11.3 Å². The molecule has 1 aromatic heterocycles. The Bertz CT molecular complexity index is 908. The van der Waals surface area contributed by atoms with Crippen molar-refractivity contribution in [1.29, 1.82) is 0 Å². The Hall–Kier alpha value is -1.59. The van der Waals surface area contributed by atoms with Crippen molar-refractivity contribution < 1.29 is 4.74 Å². The predicted molar refractivity (Wildman–Crippen MR) is 110 cm³/mol. The van der Waals surface area contributed by atoms with Crippen molar-refractivity contribution in [2.24, 2.45) is 0 Å². The molecule has 0 saturated carbocycles. The van der Waals surface area contributed by atoms with Gasteiger partial charge in [0.1, 0.15) is 10.8 Å². The molecule has 3 aromatic rings. The summed E-state index contributed by atoms with van der Waals surface area (Å²) in [5.41, 5.74) is 2.81. The Labute approximate surface area is 168 Å². The second-order valence-corrected chi connectivity index (χ2v) is 8.12. The van der Waals surface area contributed by atoms with Gasteiger partial charge >= 0.3 is 0 Å². The summed E-state index contributed by atoms with van der Waals surface area (Å²) in [6.45, 7) is 4.87. The van der Waals surface area contributed by atoms with Crippen molar-refractivity contribution in [3.05, 3.63) is 69.1 Å². The zero-order valence-electron chi connectivity index (χ0n) is 14.8. The molecule has 0 amide bonds. The summed E-state index contributed by atoms with van der Waals surface area (Å²) in [4.78, 5) is 4.75. The summed E-state index contributed by atoms with van der Waals surface area (Å²) >= 11 is 13.8. The molecule has 26 heavy (non-hydrogen) atoms. The number of thiazole rings is 1. The molecule has 0 radical (unpaired) electrons. The number of halogens is 2. The molecule has 0 aliphatic rings. The second-order valence-electron chi connectivity index (χ2n) is 6.45. The summed E-state index contributed by atoms with van der Waals surface area (Å²) in [6, 6.07) is 13.6. The number of para-hydroxylation sites is 1. The highest BCUT2D eigenvalue weighted by Gasteiger charge is 2.21. The zero-order valence-corrected chi connectivity index (χ0v) is 17.2. The maximum atomic E-state index is 6.15. The predicted octanol–water partition coefficient (Wildman–Crippen LogP) is 6.15. The number of hydrogen-bond donors (Lipinski definition) is 1. The first-order chi connectivity index (χ1) is 12.4. The van der Waals surface area contributed by atoms with E-state index in [1.54, 1.807) is 18.4 Å². The van der Waals surface area contributed by atoms with Gasteiger partial charge in [0.2, 0.25) is 0 Å². The highest BCUT2D eigenvalue weighted by Crippen LogP contribution is 2.32. The molecule has 6 heteroatoms. The van der Waals surface area contributed by atoms with Crippen molar-refractivity contribution in [2.75, 3.05) is 7.11 Å². The largest absolute Gasteiger partial charge is 0.496 e. The monoisotopic (exact) mass is 406 g/mol. The van der Waals surface area contributed by atoms with Gasteiger partial charge in [0.05, 0.1) is 28.4 Å². The molecule has 3 nitrogen and oxygen atoms in total. The number of rotatable bonds is 6. The van der Waals surface area contributed by atoms with Crippen LogP contribution in [0.5, 0.6) is 5.75 Å². The van der Waals surface area contributed by atoms with Crippen molar-refractivity contribution in [1.82, 2.24) is 10.3 Å². The maximum Gasteiger partial charge on any atom is 0.129 e. The van der Waals surface area contributed by atoms with Gasteiger partial charge < -0.3 is 10.1 Å². The van der Waals surface area contributed by atoms with E-state index >= 15 is 0 Å². The van der Waals surface area contributed by atoms with Gasteiger partial charge in [-0.25, -0.2) is 4.98 Å².